The number of amides is 1. The summed E-state index contributed by atoms with van der Waals surface area (Å²) in [6.45, 7) is 0. The maximum Gasteiger partial charge on any atom is 0.305 e. The second-order valence-electron chi connectivity index (χ2n) is 2.58. The monoisotopic (exact) mass is 208 g/mol. The fourth-order valence-electron chi connectivity index (χ4n) is 0.951. The molecule has 0 aromatic heterocycles. The van der Waals surface area contributed by atoms with Crippen LogP contribution in [0.25, 0.3) is 0 Å². The number of carbonyl (C=O) groups excluding carboxylic acids is 1. The summed E-state index contributed by atoms with van der Waals surface area (Å²) in [5.74, 6) is -1.97. The molecule has 0 aliphatic carbocycles. The number of hydrogen-bond donors (Lipinski definition) is 2. The van der Waals surface area contributed by atoms with Gasteiger partial charge in [-0.15, -0.1) is 0 Å². The summed E-state index contributed by atoms with van der Waals surface area (Å²) in [5, 5.41) is 8.34. The van der Waals surface area contributed by atoms with Crippen molar-refractivity contribution in [1.29, 1.82) is 0 Å². The first-order valence-corrected chi connectivity index (χ1v) is 4.80. The lowest BCUT2D eigenvalue weighted by molar-refractivity contribution is -0.140. The third-order valence-electron chi connectivity index (χ3n) is 1.64. The fourth-order valence-corrected chi connectivity index (χ4v) is 2.02. The average Bonchev–Trinajstić information content (AvgIpc) is 2.13. The van der Waals surface area contributed by atoms with E-state index in [0.717, 1.165) is 7.05 Å². The van der Waals surface area contributed by atoms with Crippen molar-refractivity contribution in [3.05, 3.63) is 0 Å². The summed E-state index contributed by atoms with van der Waals surface area (Å²) in [5.41, 5.74) is 0. The van der Waals surface area contributed by atoms with Gasteiger partial charge in [0.25, 0.3) is 5.91 Å². The maximum atomic E-state index is 11.1. The van der Waals surface area contributed by atoms with E-state index in [2.05, 4.69) is 0 Å². The Balaban J connectivity index is 2.85. The molecule has 1 atom stereocenters. The molecule has 8 heteroatoms. The first kappa shape index (κ1) is 9.93. The van der Waals surface area contributed by atoms with Crippen molar-refractivity contribution in [2.75, 3.05) is 7.05 Å². The molecule has 1 rings (SSSR count). The van der Waals surface area contributed by atoms with Crippen molar-refractivity contribution in [3.63, 3.8) is 0 Å². The first-order valence-electron chi connectivity index (χ1n) is 3.36. The predicted molar refractivity (Wildman–Crippen MR) is 40.9 cm³/mol. The van der Waals surface area contributed by atoms with Crippen LogP contribution in [0, 0.1) is 0 Å². The molecule has 74 valence electrons. The van der Waals surface area contributed by atoms with Gasteiger partial charge in [0.15, 0.2) is 0 Å². The van der Waals surface area contributed by atoms with Gasteiger partial charge in [0.1, 0.15) is 6.04 Å². The number of carbonyl (C=O) groups is 2. The molecule has 1 unspecified atom stereocenters. The van der Waals surface area contributed by atoms with E-state index >= 15 is 0 Å². The molecule has 1 fully saturated rings. The molecule has 2 N–H and O–H groups in total. The minimum Gasteiger partial charge on any atom is -0.481 e. The van der Waals surface area contributed by atoms with Crippen LogP contribution in [-0.2, 0) is 19.8 Å². The van der Waals surface area contributed by atoms with E-state index in [0.29, 0.717) is 4.31 Å². The lowest BCUT2D eigenvalue weighted by Gasteiger charge is -2.03. The van der Waals surface area contributed by atoms with Crippen molar-refractivity contribution >= 4 is 22.1 Å². The zero-order chi connectivity index (χ0) is 10.2. The third kappa shape index (κ3) is 1.78. The highest BCUT2D eigenvalue weighted by molar-refractivity contribution is 7.88. The second kappa shape index (κ2) is 2.96. The van der Waals surface area contributed by atoms with Gasteiger partial charge in [-0.05, 0) is 0 Å². The molecule has 1 aliphatic rings. The molecule has 0 aromatic rings. The number of nitrogens with one attached hydrogen (secondary N) is 1. The Hall–Kier alpha value is -1.15. The molecule has 1 heterocycles. The van der Waals surface area contributed by atoms with Gasteiger partial charge >= 0.3 is 16.2 Å². The average molecular weight is 208 g/mol. The normalized spacial score (nSPS) is 26.4. The molecular weight excluding hydrogens is 200 g/mol. The zero-order valence-electron chi connectivity index (χ0n) is 6.72. The van der Waals surface area contributed by atoms with Gasteiger partial charge in [0.2, 0.25) is 0 Å². The van der Waals surface area contributed by atoms with Crippen LogP contribution in [0.2, 0.25) is 0 Å². The SMILES string of the molecule is CN1C(=O)C(CC(=O)O)NS1(=O)=O. The number of carboxylic acids is 1. The van der Waals surface area contributed by atoms with E-state index in [9.17, 15) is 18.0 Å². The highest BCUT2D eigenvalue weighted by atomic mass is 32.2. The van der Waals surface area contributed by atoms with Crippen LogP contribution in [0.4, 0.5) is 0 Å². The van der Waals surface area contributed by atoms with Crippen molar-refractivity contribution in [2.24, 2.45) is 0 Å². The van der Waals surface area contributed by atoms with E-state index in [-0.39, 0.29) is 0 Å². The highest BCUT2D eigenvalue weighted by Gasteiger charge is 2.41. The van der Waals surface area contributed by atoms with Crippen LogP contribution in [0.3, 0.4) is 0 Å². The largest absolute Gasteiger partial charge is 0.481 e. The van der Waals surface area contributed by atoms with Crippen LogP contribution in [-0.4, -0.2) is 42.8 Å². The lowest BCUT2D eigenvalue weighted by atomic mass is 10.2. The Bertz CT molecular complexity index is 348. The molecule has 0 radical (unpaired) electrons. The molecule has 0 aromatic carbocycles. The molecular formula is C5H8N2O5S. The van der Waals surface area contributed by atoms with Gasteiger partial charge in [0.05, 0.1) is 6.42 Å². The predicted octanol–water partition coefficient (Wildman–Crippen LogP) is -1.86. The highest BCUT2D eigenvalue weighted by Crippen LogP contribution is 2.11. The second-order valence-corrected chi connectivity index (χ2v) is 4.31. The van der Waals surface area contributed by atoms with Gasteiger partial charge in [-0.1, -0.05) is 0 Å². The molecule has 0 spiro atoms. The lowest BCUT2D eigenvalue weighted by Crippen LogP contribution is -2.31. The molecule has 0 bridgehead atoms. The third-order valence-corrected chi connectivity index (χ3v) is 3.12. The van der Waals surface area contributed by atoms with E-state index in [1.54, 1.807) is 0 Å². The van der Waals surface area contributed by atoms with E-state index in [1.807, 2.05) is 4.72 Å². The quantitative estimate of drug-likeness (QED) is 0.553. The van der Waals surface area contributed by atoms with Crippen molar-refractivity contribution < 1.29 is 23.1 Å². The van der Waals surface area contributed by atoms with Crippen molar-refractivity contribution in [3.8, 4) is 0 Å². The number of carboxylic acid groups (broad SMARTS) is 1. The van der Waals surface area contributed by atoms with Gasteiger partial charge in [-0.2, -0.15) is 13.1 Å². The Morgan fingerprint density at radius 2 is 2.23 bits per heavy atom. The fraction of sp³-hybridized carbons (Fsp3) is 0.600. The first-order chi connectivity index (χ1) is 5.84. The number of rotatable bonds is 2. The van der Waals surface area contributed by atoms with Gasteiger partial charge in [-0.25, -0.2) is 4.31 Å². The van der Waals surface area contributed by atoms with Crippen LogP contribution >= 0.6 is 0 Å². The Kier molecular flexibility index (Phi) is 2.26. The minimum atomic E-state index is -3.80. The zero-order valence-corrected chi connectivity index (χ0v) is 7.54. The van der Waals surface area contributed by atoms with Gasteiger partial charge in [-0.3, -0.25) is 9.59 Å². The Morgan fingerprint density at radius 1 is 1.69 bits per heavy atom. The molecule has 1 amide bonds. The number of aliphatic carboxylic acids is 1. The number of likely N-dealkylation sites (N-methyl/N-ethyl adjacent to an activating group) is 1. The van der Waals surface area contributed by atoms with Crippen LogP contribution in [0.5, 0.6) is 0 Å². The molecule has 1 aliphatic heterocycles. The van der Waals surface area contributed by atoms with E-state index in [1.165, 1.54) is 0 Å². The maximum absolute atomic E-state index is 11.1. The summed E-state index contributed by atoms with van der Waals surface area (Å²) >= 11 is 0. The minimum absolute atomic E-state index is 0.501. The Labute approximate surface area is 74.5 Å². The topological polar surface area (TPSA) is 104 Å². The standard InChI is InChI=1S/C5H8N2O5S/c1-7-5(10)3(2-4(8)9)6-13(7,11)12/h3,6H,2H2,1H3,(H,8,9). The summed E-state index contributed by atoms with van der Waals surface area (Å²) in [6.07, 6.45) is -0.539. The smallest absolute Gasteiger partial charge is 0.305 e. The molecule has 13 heavy (non-hydrogen) atoms. The van der Waals surface area contributed by atoms with Crippen LogP contribution in [0.15, 0.2) is 0 Å². The van der Waals surface area contributed by atoms with Crippen molar-refractivity contribution in [1.82, 2.24) is 9.03 Å². The van der Waals surface area contributed by atoms with Crippen molar-refractivity contribution in [2.45, 2.75) is 12.5 Å². The summed E-state index contributed by atoms with van der Waals surface area (Å²) in [6, 6.07) is -1.17. The molecule has 0 saturated carbocycles. The number of hydrogen-bond acceptors (Lipinski definition) is 4. The van der Waals surface area contributed by atoms with E-state index < -0.39 is 34.5 Å². The summed E-state index contributed by atoms with van der Waals surface area (Å²) < 4.78 is 24.4. The number of nitrogens with zero attached hydrogens (tertiary/aromatic N) is 1. The van der Waals surface area contributed by atoms with E-state index in [4.69, 9.17) is 5.11 Å². The van der Waals surface area contributed by atoms with Gasteiger partial charge in [0, 0.05) is 7.05 Å². The van der Waals surface area contributed by atoms with Crippen LogP contribution < -0.4 is 4.72 Å². The molecule has 1 saturated heterocycles. The van der Waals surface area contributed by atoms with Gasteiger partial charge < -0.3 is 5.11 Å². The van der Waals surface area contributed by atoms with Crippen LogP contribution in [0.1, 0.15) is 6.42 Å². The Morgan fingerprint density at radius 3 is 2.54 bits per heavy atom. The summed E-state index contributed by atoms with van der Waals surface area (Å²) in [4.78, 5) is 21.3. The summed E-state index contributed by atoms with van der Waals surface area (Å²) in [7, 11) is -2.72. The molecule has 7 nitrogen and oxygen atoms in total.